The Morgan fingerprint density at radius 3 is 2.84 bits per heavy atom. The highest BCUT2D eigenvalue weighted by Crippen LogP contribution is 2.27. The van der Waals surface area contributed by atoms with Crippen LogP contribution in [0.15, 0.2) is 36.4 Å². The van der Waals surface area contributed by atoms with Gasteiger partial charge in [0, 0.05) is 19.2 Å². The number of aliphatic hydroxyl groups is 1. The van der Waals surface area contributed by atoms with Crippen molar-refractivity contribution in [2.24, 2.45) is 7.05 Å². The van der Waals surface area contributed by atoms with Crippen molar-refractivity contribution < 1.29 is 9.90 Å². The van der Waals surface area contributed by atoms with E-state index in [1.165, 1.54) is 0 Å². The molecule has 2 N–H and O–H groups in total. The number of rotatable bonds is 6. The van der Waals surface area contributed by atoms with E-state index >= 15 is 0 Å². The van der Waals surface area contributed by atoms with E-state index in [0.717, 1.165) is 30.6 Å². The number of benzene rings is 1. The van der Waals surface area contributed by atoms with Gasteiger partial charge >= 0.3 is 0 Å². The number of aryl methyl sites for hydroxylation is 2. The Kier molecular flexibility index (Phi) is 5.50. The predicted octanol–water partition coefficient (Wildman–Crippen LogP) is 2.26. The van der Waals surface area contributed by atoms with Gasteiger partial charge in [0.25, 0.3) is 0 Å². The lowest BCUT2D eigenvalue weighted by Gasteiger charge is -2.26. The first-order valence-corrected chi connectivity index (χ1v) is 8.80. The van der Waals surface area contributed by atoms with E-state index in [4.69, 9.17) is 0 Å². The summed E-state index contributed by atoms with van der Waals surface area (Å²) >= 11 is 0. The van der Waals surface area contributed by atoms with Crippen LogP contribution in [0.3, 0.4) is 0 Å². The van der Waals surface area contributed by atoms with Crippen LogP contribution < -0.4 is 5.32 Å². The van der Waals surface area contributed by atoms with Crippen molar-refractivity contribution in [1.29, 1.82) is 0 Å². The maximum atomic E-state index is 12.4. The van der Waals surface area contributed by atoms with Crippen LogP contribution in [0.25, 0.3) is 0 Å². The second-order valence-corrected chi connectivity index (χ2v) is 6.77. The zero-order chi connectivity index (χ0) is 17.8. The summed E-state index contributed by atoms with van der Waals surface area (Å²) in [6.07, 6.45) is 2.24. The molecule has 3 rings (SSSR count). The summed E-state index contributed by atoms with van der Waals surface area (Å²) in [4.78, 5) is 14.5. The van der Waals surface area contributed by atoms with Gasteiger partial charge in [-0.25, -0.2) is 0 Å². The van der Waals surface area contributed by atoms with Gasteiger partial charge in [-0.2, -0.15) is 5.10 Å². The predicted molar refractivity (Wildman–Crippen MR) is 97.2 cm³/mol. The normalized spacial score (nSPS) is 19.1. The first-order chi connectivity index (χ1) is 12.0. The third kappa shape index (κ3) is 4.46. The minimum atomic E-state index is -0.491. The van der Waals surface area contributed by atoms with Crippen molar-refractivity contribution >= 4 is 11.7 Å². The average molecular weight is 342 g/mol. The first kappa shape index (κ1) is 17.6. The molecule has 0 saturated carbocycles. The van der Waals surface area contributed by atoms with Gasteiger partial charge in [-0.1, -0.05) is 30.3 Å². The lowest BCUT2D eigenvalue weighted by atomic mass is 10.0. The Morgan fingerprint density at radius 2 is 2.16 bits per heavy atom. The zero-order valence-electron chi connectivity index (χ0n) is 14.9. The molecule has 6 nitrogen and oxygen atoms in total. The van der Waals surface area contributed by atoms with Crippen molar-refractivity contribution in [3.8, 4) is 0 Å². The van der Waals surface area contributed by atoms with Crippen LogP contribution in [0, 0.1) is 6.92 Å². The second kappa shape index (κ2) is 7.80. The standard InChI is InChI=1S/C19H26N4O2/c1-14-11-18(22(2)21-14)20-19(25)13-23-10-6-9-16(23)12-17(24)15-7-4-3-5-8-15/h3-5,7-8,11,16-17,24H,6,9-10,12-13H2,1-2H3,(H,20,25)/t16-,17+/m0/s1. The molecule has 0 aliphatic carbocycles. The summed E-state index contributed by atoms with van der Waals surface area (Å²) in [5, 5.41) is 17.6. The monoisotopic (exact) mass is 342 g/mol. The fourth-order valence-electron chi connectivity index (χ4n) is 3.53. The summed E-state index contributed by atoms with van der Waals surface area (Å²) in [6, 6.07) is 11.8. The van der Waals surface area contributed by atoms with Crippen LogP contribution in [0.4, 0.5) is 5.82 Å². The first-order valence-electron chi connectivity index (χ1n) is 8.80. The number of anilines is 1. The molecule has 0 unspecified atom stereocenters. The van der Waals surface area contributed by atoms with E-state index in [0.29, 0.717) is 18.8 Å². The Labute approximate surface area is 148 Å². The van der Waals surface area contributed by atoms with Gasteiger partial charge in [-0.3, -0.25) is 14.4 Å². The molecule has 134 valence electrons. The van der Waals surface area contributed by atoms with Crippen molar-refractivity contribution in [2.45, 2.75) is 38.3 Å². The van der Waals surface area contributed by atoms with Crippen molar-refractivity contribution in [1.82, 2.24) is 14.7 Å². The van der Waals surface area contributed by atoms with Gasteiger partial charge in [0.15, 0.2) is 0 Å². The van der Waals surface area contributed by atoms with Gasteiger partial charge in [0.05, 0.1) is 18.3 Å². The van der Waals surface area contributed by atoms with E-state index in [1.54, 1.807) is 4.68 Å². The molecular weight excluding hydrogens is 316 g/mol. The van der Waals surface area contributed by atoms with E-state index in [-0.39, 0.29) is 11.9 Å². The molecule has 1 aliphatic heterocycles. The third-order valence-corrected chi connectivity index (χ3v) is 4.79. The molecule has 1 aliphatic rings. The fraction of sp³-hybridized carbons (Fsp3) is 0.474. The molecule has 1 saturated heterocycles. The molecule has 6 heteroatoms. The number of nitrogens with zero attached hydrogens (tertiary/aromatic N) is 3. The number of aliphatic hydroxyl groups excluding tert-OH is 1. The van der Waals surface area contributed by atoms with Crippen LogP contribution in [-0.2, 0) is 11.8 Å². The summed E-state index contributed by atoms with van der Waals surface area (Å²) in [5.74, 6) is 0.673. The van der Waals surface area contributed by atoms with E-state index in [1.807, 2.05) is 50.4 Å². The molecule has 2 atom stereocenters. The fourth-order valence-corrected chi connectivity index (χ4v) is 3.53. The molecule has 0 bridgehead atoms. The lowest BCUT2D eigenvalue weighted by Crippen LogP contribution is -2.37. The van der Waals surface area contributed by atoms with Crippen LogP contribution >= 0.6 is 0 Å². The summed E-state index contributed by atoms with van der Waals surface area (Å²) in [6.45, 7) is 3.14. The maximum absolute atomic E-state index is 12.4. The number of carbonyl (C=O) groups is 1. The van der Waals surface area contributed by atoms with Gasteiger partial charge in [-0.05, 0) is 38.3 Å². The van der Waals surface area contributed by atoms with Gasteiger partial charge in [-0.15, -0.1) is 0 Å². The molecule has 0 spiro atoms. The van der Waals surface area contributed by atoms with E-state index in [9.17, 15) is 9.90 Å². The number of aromatic nitrogens is 2. The number of carbonyl (C=O) groups excluding carboxylic acids is 1. The molecule has 1 amide bonds. The third-order valence-electron chi connectivity index (χ3n) is 4.79. The number of likely N-dealkylation sites (tertiary alicyclic amines) is 1. The summed E-state index contributed by atoms with van der Waals surface area (Å²) in [7, 11) is 1.82. The largest absolute Gasteiger partial charge is 0.388 e. The quantitative estimate of drug-likeness (QED) is 0.845. The minimum Gasteiger partial charge on any atom is -0.388 e. The molecule has 2 heterocycles. The van der Waals surface area contributed by atoms with Crippen LogP contribution in [0.1, 0.15) is 36.6 Å². The minimum absolute atomic E-state index is 0.0379. The highest BCUT2D eigenvalue weighted by Gasteiger charge is 2.28. The highest BCUT2D eigenvalue weighted by atomic mass is 16.3. The highest BCUT2D eigenvalue weighted by molar-refractivity contribution is 5.91. The van der Waals surface area contributed by atoms with Crippen molar-refractivity contribution in [3.63, 3.8) is 0 Å². The van der Waals surface area contributed by atoms with Gasteiger partial charge < -0.3 is 10.4 Å². The zero-order valence-corrected chi connectivity index (χ0v) is 14.9. The average Bonchev–Trinajstić information content (AvgIpc) is 3.14. The molecule has 25 heavy (non-hydrogen) atoms. The van der Waals surface area contributed by atoms with Gasteiger partial charge in [0.1, 0.15) is 5.82 Å². The molecule has 0 radical (unpaired) electrons. The van der Waals surface area contributed by atoms with Crippen LogP contribution in [0.2, 0.25) is 0 Å². The lowest BCUT2D eigenvalue weighted by molar-refractivity contribution is -0.117. The van der Waals surface area contributed by atoms with Crippen LogP contribution in [0.5, 0.6) is 0 Å². The van der Waals surface area contributed by atoms with Crippen LogP contribution in [-0.4, -0.2) is 44.8 Å². The maximum Gasteiger partial charge on any atom is 0.239 e. The van der Waals surface area contributed by atoms with Crippen molar-refractivity contribution in [3.05, 3.63) is 47.7 Å². The Balaban J connectivity index is 1.56. The number of hydrogen-bond donors (Lipinski definition) is 2. The Bertz CT molecular complexity index is 713. The molecule has 1 fully saturated rings. The summed E-state index contributed by atoms with van der Waals surface area (Å²) < 4.78 is 1.67. The number of hydrogen-bond acceptors (Lipinski definition) is 4. The Morgan fingerprint density at radius 1 is 1.40 bits per heavy atom. The molecule has 1 aromatic heterocycles. The Hall–Kier alpha value is -2.18. The van der Waals surface area contributed by atoms with Crippen molar-refractivity contribution in [2.75, 3.05) is 18.4 Å². The van der Waals surface area contributed by atoms with Gasteiger partial charge in [0.2, 0.25) is 5.91 Å². The number of amides is 1. The molecule has 2 aromatic rings. The molecular formula is C19H26N4O2. The van der Waals surface area contributed by atoms with E-state index < -0.39 is 6.10 Å². The topological polar surface area (TPSA) is 70.4 Å². The number of nitrogens with one attached hydrogen (secondary N) is 1. The molecule has 1 aromatic carbocycles. The second-order valence-electron chi connectivity index (χ2n) is 6.77. The van der Waals surface area contributed by atoms with E-state index in [2.05, 4.69) is 15.3 Å². The smallest absolute Gasteiger partial charge is 0.239 e. The SMILES string of the molecule is Cc1cc(NC(=O)CN2CCC[C@H]2C[C@@H](O)c2ccccc2)n(C)n1. The summed E-state index contributed by atoms with van der Waals surface area (Å²) in [5.41, 5.74) is 1.81.